The summed E-state index contributed by atoms with van der Waals surface area (Å²) in [6, 6.07) is 12.6. The molecule has 8 heteroatoms. The molecule has 2 rings (SSSR count). The van der Waals surface area contributed by atoms with E-state index in [0.29, 0.717) is 18.9 Å². The van der Waals surface area contributed by atoms with Crippen LogP contribution in [-0.2, 0) is 5.75 Å². The van der Waals surface area contributed by atoms with Crippen LogP contribution in [0.3, 0.4) is 0 Å². The first-order valence-electron chi connectivity index (χ1n) is 8.45. The fraction of sp³-hybridized carbons (Fsp3) is 0.316. The van der Waals surface area contributed by atoms with Crippen molar-refractivity contribution in [2.24, 2.45) is 0 Å². The van der Waals surface area contributed by atoms with Gasteiger partial charge in [-0.15, -0.1) is 0 Å². The second-order valence-corrected chi connectivity index (χ2v) is 6.61. The summed E-state index contributed by atoms with van der Waals surface area (Å²) in [7, 11) is 1.42. The van der Waals surface area contributed by atoms with Gasteiger partial charge < -0.3 is 14.8 Å². The van der Waals surface area contributed by atoms with Crippen LogP contribution < -0.4 is 14.8 Å². The van der Waals surface area contributed by atoms with Crippen molar-refractivity contribution in [3.8, 4) is 11.5 Å². The molecular weight excluding hydrogens is 368 g/mol. The highest BCUT2D eigenvalue weighted by Gasteiger charge is 2.24. The molecule has 0 heterocycles. The minimum Gasteiger partial charge on any atom is -0.493 e. The SMILES string of the molecule is CCOc1cc([N+](=O)[O-])c(C(=O)NCCSCc2ccccc2)cc1OC. The highest BCUT2D eigenvalue weighted by Crippen LogP contribution is 2.34. The van der Waals surface area contributed by atoms with Gasteiger partial charge in [0, 0.05) is 24.1 Å². The lowest BCUT2D eigenvalue weighted by Gasteiger charge is -2.12. The van der Waals surface area contributed by atoms with E-state index in [9.17, 15) is 14.9 Å². The van der Waals surface area contributed by atoms with Crippen LogP contribution in [-0.4, -0.2) is 36.8 Å². The number of nitrogens with one attached hydrogen (secondary N) is 1. The summed E-state index contributed by atoms with van der Waals surface area (Å²) >= 11 is 1.68. The monoisotopic (exact) mass is 390 g/mol. The number of rotatable bonds is 10. The van der Waals surface area contributed by atoms with Gasteiger partial charge in [0.1, 0.15) is 5.56 Å². The van der Waals surface area contributed by atoms with Crippen molar-refractivity contribution in [3.63, 3.8) is 0 Å². The molecule has 1 amide bonds. The first-order valence-corrected chi connectivity index (χ1v) is 9.61. The summed E-state index contributed by atoms with van der Waals surface area (Å²) < 4.78 is 10.5. The van der Waals surface area contributed by atoms with Crippen molar-refractivity contribution in [1.82, 2.24) is 5.32 Å². The maximum Gasteiger partial charge on any atom is 0.286 e. The van der Waals surface area contributed by atoms with Crippen molar-refractivity contribution >= 4 is 23.4 Å². The van der Waals surface area contributed by atoms with Crippen molar-refractivity contribution < 1.29 is 19.2 Å². The third-order valence-electron chi connectivity index (χ3n) is 3.67. The van der Waals surface area contributed by atoms with Crippen LogP contribution in [0.5, 0.6) is 11.5 Å². The number of carbonyl (C=O) groups is 1. The molecule has 7 nitrogen and oxygen atoms in total. The van der Waals surface area contributed by atoms with Crippen LogP contribution in [0.2, 0.25) is 0 Å². The number of nitro benzene ring substituents is 1. The van der Waals surface area contributed by atoms with Gasteiger partial charge in [0.2, 0.25) is 0 Å². The van der Waals surface area contributed by atoms with E-state index in [0.717, 1.165) is 5.75 Å². The van der Waals surface area contributed by atoms with E-state index in [1.807, 2.05) is 30.3 Å². The van der Waals surface area contributed by atoms with E-state index < -0.39 is 10.8 Å². The summed E-state index contributed by atoms with van der Waals surface area (Å²) in [5.74, 6) is 1.55. The standard InChI is InChI=1S/C19H22N2O5S/c1-3-26-18-12-16(21(23)24)15(11-17(18)25-2)19(22)20-9-10-27-13-14-7-5-4-6-8-14/h4-8,11-12H,3,9-10,13H2,1-2H3,(H,20,22). The zero-order valence-electron chi connectivity index (χ0n) is 15.3. The summed E-state index contributed by atoms with van der Waals surface area (Å²) in [5, 5.41) is 14.1. The molecule has 0 aliphatic rings. The Balaban J connectivity index is 1.98. The Kier molecular flexibility index (Phi) is 7.94. The number of hydrogen-bond acceptors (Lipinski definition) is 6. The number of benzene rings is 2. The quantitative estimate of drug-likeness (QED) is 0.378. The highest BCUT2D eigenvalue weighted by molar-refractivity contribution is 7.98. The predicted octanol–water partition coefficient (Wildman–Crippen LogP) is 3.67. The lowest BCUT2D eigenvalue weighted by atomic mass is 10.1. The topological polar surface area (TPSA) is 90.7 Å². The lowest BCUT2D eigenvalue weighted by molar-refractivity contribution is -0.385. The maximum absolute atomic E-state index is 12.4. The van der Waals surface area contributed by atoms with Crippen molar-refractivity contribution in [2.75, 3.05) is 26.0 Å². The zero-order valence-corrected chi connectivity index (χ0v) is 16.1. The Hall–Kier alpha value is -2.74. The molecule has 0 aliphatic carbocycles. The van der Waals surface area contributed by atoms with E-state index >= 15 is 0 Å². The van der Waals surface area contributed by atoms with Gasteiger partial charge in [-0.25, -0.2) is 0 Å². The molecule has 0 saturated carbocycles. The third-order valence-corrected chi connectivity index (χ3v) is 4.70. The Morgan fingerprint density at radius 1 is 1.22 bits per heavy atom. The number of nitro groups is 1. The summed E-state index contributed by atoms with van der Waals surface area (Å²) in [4.78, 5) is 23.2. The van der Waals surface area contributed by atoms with Gasteiger partial charge in [-0.3, -0.25) is 14.9 Å². The Bertz CT molecular complexity index is 783. The van der Waals surface area contributed by atoms with Crippen molar-refractivity contribution in [2.45, 2.75) is 12.7 Å². The normalized spacial score (nSPS) is 10.3. The van der Waals surface area contributed by atoms with Crippen LogP contribution in [0.15, 0.2) is 42.5 Å². The van der Waals surface area contributed by atoms with Gasteiger partial charge in [-0.2, -0.15) is 11.8 Å². The average molecular weight is 390 g/mol. The van der Waals surface area contributed by atoms with E-state index in [2.05, 4.69) is 5.32 Å². The minimum absolute atomic E-state index is 0.0478. The van der Waals surface area contributed by atoms with Gasteiger partial charge >= 0.3 is 0 Å². The number of thioether (sulfide) groups is 1. The summed E-state index contributed by atoms with van der Waals surface area (Å²) in [6.45, 7) is 2.50. The second-order valence-electron chi connectivity index (χ2n) is 5.50. The van der Waals surface area contributed by atoms with Crippen molar-refractivity contribution in [1.29, 1.82) is 0 Å². The van der Waals surface area contributed by atoms with Crippen molar-refractivity contribution in [3.05, 3.63) is 63.7 Å². The van der Waals surface area contributed by atoms with E-state index in [1.165, 1.54) is 24.8 Å². The molecule has 144 valence electrons. The fourth-order valence-electron chi connectivity index (χ4n) is 2.41. The summed E-state index contributed by atoms with van der Waals surface area (Å²) in [6.07, 6.45) is 0. The van der Waals surface area contributed by atoms with Crippen LogP contribution in [0, 0.1) is 10.1 Å². The van der Waals surface area contributed by atoms with E-state index in [-0.39, 0.29) is 22.7 Å². The molecule has 2 aromatic rings. The molecule has 0 bridgehead atoms. The molecule has 0 atom stereocenters. The molecule has 27 heavy (non-hydrogen) atoms. The molecule has 2 aromatic carbocycles. The van der Waals surface area contributed by atoms with Gasteiger partial charge in [0.05, 0.1) is 24.7 Å². The van der Waals surface area contributed by atoms with Crippen LogP contribution >= 0.6 is 11.8 Å². The molecule has 0 unspecified atom stereocenters. The van der Waals surface area contributed by atoms with E-state index in [4.69, 9.17) is 9.47 Å². The molecule has 0 aromatic heterocycles. The first-order chi connectivity index (χ1) is 13.1. The number of carbonyl (C=O) groups excluding carboxylic acids is 1. The zero-order chi connectivity index (χ0) is 19.6. The third kappa shape index (κ3) is 5.89. The molecule has 0 spiro atoms. The minimum atomic E-state index is -0.596. The van der Waals surface area contributed by atoms with Gasteiger partial charge in [-0.05, 0) is 12.5 Å². The molecule has 1 N–H and O–H groups in total. The Labute approximate surface area is 162 Å². The highest BCUT2D eigenvalue weighted by atomic mass is 32.2. The number of nitrogens with zero attached hydrogens (tertiary/aromatic N) is 1. The number of methoxy groups -OCH3 is 1. The number of hydrogen-bond donors (Lipinski definition) is 1. The number of ether oxygens (including phenoxy) is 2. The smallest absolute Gasteiger partial charge is 0.286 e. The molecule has 0 aliphatic heterocycles. The molecule has 0 saturated heterocycles. The molecular formula is C19H22N2O5S. The molecule has 0 radical (unpaired) electrons. The fourth-order valence-corrected chi connectivity index (χ4v) is 3.23. The summed E-state index contributed by atoms with van der Waals surface area (Å²) in [5.41, 5.74) is 0.850. The largest absolute Gasteiger partial charge is 0.493 e. The van der Waals surface area contributed by atoms with Crippen LogP contribution in [0.1, 0.15) is 22.8 Å². The average Bonchev–Trinajstić information content (AvgIpc) is 2.68. The van der Waals surface area contributed by atoms with E-state index in [1.54, 1.807) is 18.7 Å². The van der Waals surface area contributed by atoms with Gasteiger partial charge in [-0.1, -0.05) is 30.3 Å². The van der Waals surface area contributed by atoms with Gasteiger partial charge in [0.15, 0.2) is 11.5 Å². The molecule has 0 fully saturated rings. The Morgan fingerprint density at radius 3 is 2.59 bits per heavy atom. The van der Waals surface area contributed by atoms with Gasteiger partial charge in [0.25, 0.3) is 11.6 Å². The first kappa shape index (κ1) is 20.6. The maximum atomic E-state index is 12.4. The predicted molar refractivity (Wildman–Crippen MR) is 106 cm³/mol. The number of amides is 1. The lowest BCUT2D eigenvalue weighted by Crippen LogP contribution is -2.26. The van der Waals surface area contributed by atoms with Crippen LogP contribution in [0.4, 0.5) is 5.69 Å². The second kappa shape index (κ2) is 10.4. The van der Waals surface area contributed by atoms with Crippen LogP contribution in [0.25, 0.3) is 0 Å². The Morgan fingerprint density at radius 2 is 1.96 bits per heavy atom.